The SMILES string of the molecule is CCOC(=O)CNC(=O)C(=O)Nc1c2c(nn1-c1ccc(C)cc1C)CSC2. The van der Waals surface area contributed by atoms with E-state index >= 15 is 0 Å². The number of benzene rings is 1. The maximum absolute atomic E-state index is 12.4. The van der Waals surface area contributed by atoms with Crippen molar-refractivity contribution in [3.05, 3.63) is 40.6 Å². The van der Waals surface area contributed by atoms with E-state index in [2.05, 4.69) is 15.7 Å². The summed E-state index contributed by atoms with van der Waals surface area (Å²) >= 11 is 1.70. The number of aromatic nitrogens is 2. The standard InChI is InChI=1S/C19H22N4O4S/c1-4-27-16(24)8-20-18(25)19(26)21-17-13-9-28-10-14(13)22-23(17)15-6-5-11(2)7-12(15)3/h5-7H,4,8-10H2,1-3H3,(H,20,25)(H,21,26). The Morgan fingerprint density at radius 1 is 1.21 bits per heavy atom. The van der Waals surface area contributed by atoms with Gasteiger partial charge in [-0.3, -0.25) is 14.4 Å². The zero-order valence-corrected chi connectivity index (χ0v) is 16.8. The van der Waals surface area contributed by atoms with Gasteiger partial charge in [-0.05, 0) is 32.4 Å². The number of thioether (sulfide) groups is 1. The molecule has 1 aliphatic heterocycles. The van der Waals surface area contributed by atoms with Crippen LogP contribution in [0.1, 0.15) is 29.3 Å². The molecule has 0 radical (unpaired) electrons. The number of aryl methyl sites for hydroxylation is 2. The first-order valence-electron chi connectivity index (χ1n) is 8.91. The van der Waals surface area contributed by atoms with E-state index in [1.54, 1.807) is 23.4 Å². The first kappa shape index (κ1) is 19.9. The van der Waals surface area contributed by atoms with Gasteiger partial charge in [0.2, 0.25) is 0 Å². The highest BCUT2D eigenvalue weighted by atomic mass is 32.2. The average molecular weight is 402 g/mol. The predicted molar refractivity (Wildman–Crippen MR) is 106 cm³/mol. The summed E-state index contributed by atoms with van der Waals surface area (Å²) in [5.74, 6) is -0.397. The molecule has 0 unspecified atom stereocenters. The first-order chi connectivity index (χ1) is 13.4. The number of carbonyl (C=O) groups is 3. The lowest BCUT2D eigenvalue weighted by Gasteiger charge is -2.13. The molecule has 0 aliphatic carbocycles. The lowest BCUT2D eigenvalue weighted by Crippen LogP contribution is -2.39. The number of rotatable bonds is 5. The first-order valence-corrected chi connectivity index (χ1v) is 10.1. The van der Waals surface area contributed by atoms with Crippen molar-refractivity contribution >= 4 is 35.4 Å². The number of anilines is 1. The van der Waals surface area contributed by atoms with E-state index in [0.29, 0.717) is 11.6 Å². The van der Waals surface area contributed by atoms with Crippen LogP contribution < -0.4 is 10.6 Å². The van der Waals surface area contributed by atoms with Gasteiger partial charge < -0.3 is 15.4 Å². The fourth-order valence-electron chi connectivity index (χ4n) is 2.97. The van der Waals surface area contributed by atoms with Gasteiger partial charge in [-0.2, -0.15) is 16.9 Å². The minimum absolute atomic E-state index is 0.208. The lowest BCUT2D eigenvalue weighted by atomic mass is 10.1. The van der Waals surface area contributed by atoms with Gasteiger partial charge in [0.25, 0.3) is 0 Å². The van der Waals surface area contributed by atoms with Crippen LogP contribution in [0.15, 0.2) is 18.2 Å². The van der Waals surface area contributed by atoms with Crippen molar-refractivity contribution in [3.63, 3.8) is 0 Å². The predicted octanol–water partition coefficient (Wildman–Crippen LogP) is 1.85. The van der Waals surface area contributed by atoms with Crippen molar-refractivity contribution in [1.29, 1.82) is 0 Å². The van der Waals surface area contributed by atoms with E-state index in [4.69, 9.17) is 4.74 Å². The lowest BCUT2D eigenvalue weighted by molar-refractivity contribution is -0.144. The molecular weight excluding hydrogens is 380 g/mol. The number of carbonyl (C=O) groups excluding carboxylic acids is 3. The molecule has 1 aliphatic rings. The summed E-state index contributed by atoms with van der Waals surface area (Å²) in [6, 6.07) is 5.95. The smallest absolute Gasteiger partial charge is 0.325 e. The topological polar surface area (TPSA) is 102 Å². The van der Waals surface area contributed by atoms with Crippen LogP contribution >= 0.6 is 11.8 Å². The molecule has 148 valence electrons. The summed E-state index contributed by atoms with van der Waals surface area (Å²) in [7, 11) is 0. The van der Waals surface area contributed by atoms with Gasteiger partial charge in [-0.15, -0.1) is 0 Å². The van der Waals surface area contributed by atoms with Gasteiger partial charge in [0.1, 0.15) is 12.4 Å². The Morgan fingerprint density at radius 3 is 2.71 bits per heavy atom. The van der Waals surface area contributed by atoms with E-state index in [1.807, 2.05) is 32.0 Å². The van der Waals surface area contributed by atoms with Crippen LogP contribution in [0.4, 0.5) is 5.82 Å². The number of fused-ring (bicyclic) bond motifs is 1. The monoisotopic (exact) mass is 402 g/mol. The Labute approximate surface area is 167 Å². The summed E-state index contributed by atoms with van der Waals surface area (Å²) in [6.07, 6.45) is 0. The van der Waals surface area contributed by atoms with E-state index in [0.717, 1.165) is 33.8 Å². The van der Waals surface area contributed by atoms with Gasteiger partial charge >= 0.3 is 17.8 Å². The minimum Gasteiger partial charge on any atom is -0.465 e. The zero-order valence-electron chi connectivity index (χ0n) is 16.0. The molecule has 2 amide bonds. The molecular formula is C19H22N4O4S. The van der Waals surface area contributed by atoms with Crippen LogP contribution in [-0.2, 0) is 30.6 Å². The molecule has 2 N–H and O–H groups in total. The molecule has 2 aromatic rings. The van der Waals surface area contributed by atoms with Crippen molar-refractivity contribution in [2.75, 3.05) is 18.5 Å². The van der Waals surface area contributed by atoms with E-state index in [1.165, 1.54) is 0 Å². The molecule has 2 heterocycles. The maximum Gasteiger partial charge on any atom is 0.325 e. The molecule has 0 atom stereocenters. The van der Waals surface area contributed by atoms with Gasteiger partial charge in [0.05, 0.1) is 18.0 Å². The third kappa shape index (κ3) is 4.19. The summed E-state index contributed by atoms with van der Waals surface area (Å²) < 4.78 is 6.41. The zero-order chi connectivity index (χ0) is 20.3. The molecule has 9 heteroatoms. The van der Waals surface area contributed by atoms with Crippen LogP contribution in [-0.4, -0.2) is 40.7 Å². The highest BCUT2D eigenvalue weighted by Crippen LogP contribution is 2.36. The second-order valence-corrected chi connectivity index (χ2v) is 7.40. The van der Waals surface area contributed by atoms with E-state index in [9.17, 15) is 14.4 Å². The Hall–Kier alpha value is -2.81. The molecule has 0 bridgehead atoms. The number of nitrogens with zero attached hydrogens (tertiary/aromatic N) is 2. The Kier molecular flexibility index (Phi) is 6.03. The van der Waals surface area contributed by atoms with Crippen molar-refractivity contribution < 1.29 is 19.1 Å². The van der Waals surface area contributed by atoms with Crippen LogP contribution in [0.3, 0.4) is 0 Å². The van der Waals surface area contributed by atoms with Gasteiger partial charge in [0.15, 0.2) is 0 Å². The van der Waals surface area contributed by atoms with Gasteiger partial charge in [-0.25, -0.2) is 4.68 Å². The van der Waals surface area contributed by atoms with E-state index < -0.39 is 17.8 Å². The summed E-state index contributed by atoms with van der Waals surface area (Å²) in [4.78, 5) is 35.8. The highest BCUT2D eigenvalue weighted by Gasteiger charge is 2.27. The normalized spacial score (nSPS) is 12.4. The van der Waals surface area contributed by atoms with Crippen molar-refractivity contribution in [2.45, 2.75) is 32.3 Å². The number of esters is 1. The van der Waals surface area contributed by atoms with Crippen molar-refractivity contribution in [2.24, 2.45) is 0 Å². The third-order valence-electron chi connectivity index (χ3n) is 4.27. The van der Waals surface area contributed by atoms with Crippen LogP contribution in [0.25, 0.3) is 5.69 Å². The number of amides is 2. The summed E-state index contributed by atoms with van der Waals surface area (Å²) in [5.41, 5.74) is 4.78. The molecule has 0 fully saturated rings. The molecule has 28 heavy (non-hydrogen) atoms. The second kappa shape index (κ2) is 8.47. The van der Waals surface area contributed by atoms with Crippen LogP contribution in [0, 0.1) is 13.8 Å². The van der Waals surface area contributed by atoms with Crippen LogP contribution in [0.5, 0.6) is 0 Å². The Bertz CT molecular complexity index is 938. The molecule has 1 aromatic carbocycles. The molecule has 8 nitrogen and oxygen atoms in total. The quantitative estimate of drug-likeness (QED) is 0.585. The van der Waals surface area contributed by atoms with Gasteiger partial charge in [0, 0.05) is 17.1 Å². The Balaban J connectivity index is 1.82. The number of nitrogens with one attached hydrogen (secondary N) is 2. The number of ether oxygens (including phenoxy) is 1. The molecule has 1 aromatic heterocycles. The van der Waals surface area contributed by atoms with Crippen LogP contribution in [0.2, 0.25) is 0 Å². The third-order valence-corrected chi connectivity index (χ3v) is 5.24. The van der Waals surface area contributed by atoms with E-state index in [-0.39, 0.29) is 13.2 Å². The minimum atomic E-state index is -0.902. The summed E-state index contributed by atoms with van der Waals surface area (Å²) in [6.45, 7) is 5.50. The summed E-state index contributed by atoms with van der Waals surface area (Å²) in [5, 5.41) is 9.57. The van der Waals surface area contributed by atoms with Gasteiger partial charge in [-0.1, -0.05) is 17.7 Å². The Morgan fingerprint density at radius 2 is 2.00 bits per heavy atom. The van der Waals surface area contributed by atoms with Crippen molar-refractivity contribution in [1.82, 2.24) is 15.1 Å². The largest absolute Gasteiger partial charge is 0.465 e. The molecule has 0 saturated heterocycles. The molecule has 3 rings (SSSR count). The maximum atomic E-state index is 12.4. The fourth-order valence-corrected chi connectivity index (χ4v) is 4.00. The highest BCUT2D eigenvalue weighted by molar-refractivity contribution is 7.98. The molecule has 0 spiro atoms. The number of hydrogen-bond donors (Lipinski definition) is 2. The fraction of sp³-hybridized carbons (Fsp3) is 0.368. The average Bonchev–Trinajstić information content (AvgIpc) is 3.22. The molecule has 0 saturated carbocycles. The second-order valence-electron chi connectivity index (χ2n) is 6.41. The number of hydrogen-bond acceptors (Lipinski definition) is 6. The van der Waals surface area contributed by atoms with Crippen molar-refractivity contribution in [3.8, 4) is 5.69 Å².